The smallest absolute Gasteiger partial charge is 0.449 e. The van der Waals surface area contributed by atoms with Crippen LogP contribution in [0.3, 0.4) is 0 Å². The molecule has 0 bridgehead atoms. The lowest BCUT2D eigenvalue weighted by molar-refractivity contribution is 0.0503. The topological polar surface area (TPSA) is 92.3 Å². The molecule has 2 N–H and O–H groups in total. The van der Waals surface area contributed by atoms with Crippen molar-refractivity contribution >= 4 is 12.1 Å². The minimum Gasteiger partial charge on any atom is -0.449 e. The van der Waals surface area contributed by atoms with Crippen LogP contribution in [0.4, 0.5) is 4.79 Å². The number of carbonyl (C=O) groups is 2. The second-order valence-corrected chi connectivity index (χ2v) is 1.63. The maximum Gasteiger partial charge on any atom is 0.513 e. The first kappa shape index (κ1) is 7.26. The monoisotopic (exact) mass is 156 g/mol. The average Bonchev–Trinajstić information content (AvgIpc) is 2.35. The van der Waals surface area contributed by atoms with Gasteiger partial charge in [-0.05, 0) is 6.07 Å². The van der Waals surface area contributed by atoms with Gasteiger partial charge in [0.05, 0.1) is 0 Å². The number of ether oxygens (including phenoxy) is 1. The largest absolute Gasteiger partial charge is 0.513 e. The van der Waals surface area contributed by atoms with Crippen molar-refractivity contribution in [3.63, 3.8) is 0 Å². The molecule has 1 aromatic heterocycles. The molecule has 0 aliphatic carbocycles. The molecule has 0 spiro atoms. The highest BCUT2D eigenvalue weighted by atomic mass is 16.7. The van der Waals surface area contributed by atoms with E-state index in [0.717, 1.165) is 0 Å². The van der Waals surface area contributed by atoms with E-state index < -0.39 is 12.1 Å². The predicted molar refractivity (Wildman–Crippen MR) is 32.0 cm³/mol. The van der Waals surface area contributed by atoms with E-state index in [1.807, 2.05) is 0 Å². The Labute approximate surface area is 60.8 Å². The Kier molecular flexibility index (Phi) is 1.86. The lowest BCUT2D eigenvalue weighted by Crippen LogP contribution is -2.10. The van der Waals surface area contributed by atoms with Crippen molar-refractivity contribution in [3.8, 4) is 0 Å². The zero-order chi connectivity index (χ0) is 8.27. The van der Waals surface area contributed by atoms with Crippen molar-refractivity contribution in [1.29, 1.82) is 0 Å². The van der Waals surface area contributed by atoms with Gasteiger partial charge in [0.2, 0.25) is 0 Å². The number of hydrogen-bond donors (Lipinski definition) is 2. The second kappa shape index (κ2) is 2.82. The van der Waals surface area contributed by atoms with Gasteiger partial charge in [-0.25, -0.2) is 9.59 Å². The van der Waals surface area contributed by atoms with Gasteiger partial charge in [0.15, 0.2) is 0 Å². The molecule has 1 aromatic rings. The number of H-pyrrole nitrogens is 1. The van der Waals surface area contributed by atoms with Gasteiger partial charge in [0.25, 0.3) is 0 Å². The minimum atomic E-state index is -1.63. The standard InChI is InChI=1S/C5H4N2O4/c8-4(11-5(9)10)3-1-2-6-7-3/h1-2H,(H,6,7)(H,9,10). The van der Waals surface area contributed by atoms with Crippen molar-refractivity contribution in [2.45, 2.75) is 0 Å². The first-order valence-corrected chi connectivity index (χ1v) is 2.64. The summed E-state index contributed by atoms with van der Waals surface area (Å²) in [5.74, 6) is -0.963. The number of carbonyl (C=O) groups excluding carboxylic acids is 1. The summed E-state index contributed by atoms with van der Waals surface area (Å²) in [5.41, 5.74) is 0.00685. The zero-order valence-electron chi connectivity index (χ0n) is 5.27. The van der Waals surface area contributed by atoms with E-state index in [9.17, 15) is 9.59 Å². The van der Waals surface area contributed by atoms with Crippen LogP contribution in [0.5, 0.6) is 0 Å². The number of hydrogen-bond acceptors (Lipinski definition) is 4. The molecular weight excluding hydrogens is 152 g/mol. The Hall–Kier alpha value is -1.85. The van der Waals surface area contributed by atoms with Crippen LogP contribution in [0.25, 0.3) is 0 Å². The fourth-order valence-electron chi connectivity index (χ4n) is 0.504. The molecule has 1 rings (SSSR count). The van der Waals surface area contributed by atoms with Crippen molar-refractivity contribution < 1.29 is 19.4 Å². The number of nitrogens with one attached hydrogen (secondary N) is 1. The van der Waals surface area contributed by atoms with E-state index in [4.69, 9.17) is 5.11 Å². The van der Waals surface area contributed by atoms with Gasteiger partial charge in [0.1, 0.15) is 5.69 Å². The van der Waals surface area contributed by atoms with E-state index >= 15 is 0 Å². The molecule has 0 aromatic carbocycles. The van der Waals surface area contributed by atoms with Crippen LogP contribution in [0, 0.1) is 0 Å². The predicted octanol–water partition coefficient (Wildman–Crippen LogP) is 0.244. The maximum absolute atomic E-state index is 10.6. The Bertz CT molecular complexity index is 266. The maximum atomic E-state index is 10.6. The van der Waals surface area contributed by atoms with Crippen molar-refractivity contribution in [3.05, 3.63) is 18.0 Å². The van der Waals surface area contributed by atoms with Crippen LogP contribution in [0.2, 0.25) is 0 Å². The molecule has 58 valence electrons. The zero-order valence-corrected chi connectivity index (χ0v) is 5.27. The third kappa shape index (κ3) is 1.78. The number of aromatic nitrogens is 2. The van der Waals surface area contributed by atoms with Gasteiger partial charge in [0, 0.05) is 6.20 Å². The molecule has 1 heterocycles. The fraction of sp³-hybridized carbons (Fsp3) is 0. The van der Waals surface area contributed by atoms with Gasteiger partial charge in [-0.2, -0.15) is 5.10 Å². The average molecular weight is 156 g/mol. The summed E-state index contributed by atoms with van der Waals surface area (Å²) >= 11 is 0. The highest BCUT2D eigenvalue weighted by Gasteiger charge is 2.11. The SMILES string of the molecule is O=C(O)OC(=O)c1ccn[nH]1. The molecule has 11 heavy (non-hydrogen) atoms. The summed E-state index contributed by atoms with van der Waals surface area (Å²) in [6.07, 6.45) is -0.317. The minimum absolute atomic E-state index is 0.00685. The first-order chi connectivity index (χ1) is 5.20. The van der Waals surface area contributed by atoms with Crippen molar-refractivity contribution in [1.82, 2.24) is 10.2 Å². The molecule has 0 amide bonds. The molecule has 0 aliphatic rings. The Morgan fingerprint density at radius 1 is 1.64 bits per heavy atom. The molecule has 0 atom stereocenters. The van der Waals surface area contributed by atoms with E-state index in [2.05, 4.69) is 14.9 Å². The number of carboxylic acid groups (broad SMARTS) is 1. The molecular formula is C5H4N2O4. The van der Waals surface area contributed by atoms with Crippen molar-refractivity contribution in [2.24, 2.45) is 0 Å². The number of nitrogens with zero attached hydrogens (tertiary/aromatic N) is 1. The summed E-state index contributed by atoms with van der Waals surface area (Å²) in [7, 11) is 0. The van der Waals surface area contributed by atoms with Crippen molar-refractivity contribution in [2.75, 3.05) is 0 Å². The van der Waals surface area contributed by atoms with Crippen LogP contribution in [0.1, 0.15) is 10.5 Å². The first-order valence-electron chi connectivity index (χ1n) is 2.64. The van der Waals surface area contributed by atoms with Crippen LogP contribution in [-0.4, -0.2) is 27.4 Å². The van der Waals surface area contributed by atoms with Crippen LogP contribution in [0.15, 0.2) is 12.3 Å². The summed E-state index contributed by atoms with van der Waals surface area (Å²) in [4.78, 5) is 20.5. The highest BCUT2D eigenvalue weighted by Crippen LogP contribution is 1.94. The van der Waals surface area contributed by atoms with Gasteiger partial charge in [-0.15, -0.1) is 0 Å². The molecule has 0 saturated heterocycles. The molecule has 0 aliphatic heterocycles. The third-order valence-corrected chi connectivity index (χ3v) is 0.901. The van der Waals surface area contributed by atoms with Gasteiger partial charge < -0.3 is 9.84 Å². The highest BCUT2D eigenvalue weighted by molar-refractivity contribution is 5.93. The van der Waals surface area contributed by atoms with Crippen LogP contribution in [-0.2, 0) is 4.74 Å². The third-order valence-electron chi connectivity index (χ3n) is 0.901. The second-order valence-electron chi connectivity index (χ2n) is 1.63. The van der Waals surface area contributed by atoms with E-state index in [0.29, 0.717) is 0 Å². The Morgan fingerprint density at radius 2 is 2.36 bits per heavy atom. The molecule has 6 nitrogen and oxygen atoms in total. The van der Waals surface area contributed by atoms with Gasteiger partial charge in [-0.3, -0.25) is 5.10 Å². The molecule has 0 radical (unpaired) electrons. The van der Waals surface area contributed by atoms with Crippen LogP contribution < -0.4 is 0 Å². The van der Waals surface area contributed by atoms with Crippen LogP contribution >= 0.6 is 0 Å². The van der Waals surface area contributed by atoms with E-state index in [1.54, 1.807) is 0 Å². The lowest BCUT2D eigenvalue weighted by Gasteiger charge is -1.92. The summed E-state index contributed by atoms with van der Waals surface area (Å²) < 4.78 is 3.80. The normalized spacial score (nSPS) is 9.09. The quantitative estimate of drug-likeness (QED) is 0.449. The number of rotatable bonds is 1. The number of esters is 1. The lowest BCUT2D eigenvalue weighted by atomic mass is 10.4. The molecule has 6 heteroatoms. The Morgan fingerprint density at radius 3 is 2.82 bits per heavy atom. The summed E-state index contributed by atoms with van der Waals surface area (Å²) in [6.45, 7) is 0. The molecule has 0 unspecified atom stereocenters. The fourth-order valence-corrected chi connectivity index (χ4v) is 0.504. The van der Waals surface area contributed by atoms with E-state index in [-0.39, 0.29) is 5.69 Å². The Balaban J connectivity index is 2.64. The molecule has 0 saturated carbocycles. The molecule has 0 fully saturated rings. The van der Waals surface area contributed by atoms with Gasteiger partial charge in [-0.1, -0.05) is 0 Å². The summed E-state index contributed by atoms with van der Waals surface area (Å²) in [6, 6.07) is 1.31. The summed E-state index contributed by atoms with van der Waals surface area (Å²) in [5, 5.41) is 13.7. The van der Waals surface area contributed by atoms with Gasteiger partial charge >= 0.3 is 12.1 Å². The van der Waals surface area contributed by atoms with E-state index in [1.165, 1.54) is 12.3 Å². The number of aromatic amines is 1.